The zero-order chi connectivity index (χ0) is 17.2. The average Bonchev–Trinajstić information content (AvgIpc) is 2.88. The van der Waals surface area contributed by atoms with Crippen molar-refractivity contribution in [2.24, 2.45) is 0 Å². The second kappa shape index (κ2) is 6.94. The number of anilines is 3. The van der Waals surface area contributed by atoms with E-state index in [0.717, 1.165) is 11.5 Å². The number of halogens is 1. The summed E-state index contributed by atoms with van der Waals surface area (Å²) in [6.07, 6.45) is 2.30. The molecule has 1 unspecified atom stereocenters. The van der Waals surface area contributed by atoms with Crippen LogP contribution in [0.5, 0.6) is 0 Å². The summed E-state index contributed by atoms with van der Waals surface area (Å²) in [6.45, 7) is 2.69. The van der Waals surface area contributed by atoms with Gasteiger partial charge in [0.05, 0.1) is 11.5 Å². The molecule has 0 bridgehead atoms. The van der Waals surface area contributed by atoms with E-state index in [0.29, 0.717) is 23.9 Å². The van der Waals surface area contributed by atoms with Crippen molar-refractivity contribution in [3.8, 4) is 0 Å². The molecule has 1 fully saturated rings. The summed E-state index contributed by atoms with van der Waals surface area (Å²) in [4.78, 5) is 10.8. The second-order valence-corrected chi connectivity index (χ2v) is 8.38. The normalized spacial score (nSPS) is 19.2. The number of aromatic nitrogens is 2. The molecule has 0 amide bonds. The molecule has 1 aromatic carbocycles. The van der Waals surface area contributed by atoms with Crippen LogP contribution < -0.4 is 10.2 Å². The van der Waals surface area contributed by atoms with Gasteiger partial charge in [-0.15, -0.1) is 0 Å². The molecule has 1 saturated heterocycles. The lowest BCUT2D eigenvalue weighted by atomic mass is 10.2. The van der Waals surface area contributed by atoms with E-state index in [-0.39, 0.29) is 17.5 Å². The smallest absolute Gasteiger partial charge is 0.229 e. The van der Waals surface area contributed by atoms with Crippen molar-refractivity contribution in [1.29, 1.82) is 0 Å². The van der Waals surface area contributed by atoms with E-state index in [1.54, 1.807) is 24.4 Å². The lowest BCUT2D eigenvalue weighted by molar-refractivity contribution is 0.599. The van der Waals surface area contributed by atoms with Crippen molar-refractivity contribution in [2.75, 3.05) is 28.3 Å². The number of hydrogen-bond donors (Lipinski definition) is 1. The predicted molar refractivity (Wildman–Crippen MR) is 96.8 cm³/mol. The summed E-state index contributed by atoms with van der Waals surface area (Å²) < 4.78 is 23.5. The third-order valence-corrected chi connectivity index (χ3v) is 5.99. The Bertz CT molecular complexity index is 828. The van der Waals surface area contributed by atoms with Crippen LogP contribution in [0.4, 0.5) is 17.5 Å². The maximum absolute atomic E-state index is 11.7. The number of benzene rings is 1. The van der Waals surface area contributed by atoms with E-state index in [1.165, 1.54) is 0 Å². The van der Waals surface area contributed by atoms with E-state index in [9.17, 15) is 8.42 Å². The Kier molecular flexibility index (Phi) is 4.91. The van der Waals surface area contributed by atoms with Crippen LogP contribution in [-0.4, -0.2) is 42.5 Å². The molecule has 3 rings (SSSR count). The highest BCUT2D eigenvalue weighted by Crippen LogP contribution is 2.24. The number of nitrogens with zero attached hydrogens (tertiary/aromatic N) is 3. The third kappa shape index (κ3) is 3.96. The Morgan fingerprint density at radius 1 is 1.38 bits per heavy atom. The molecule has 1 aliphatic heterocycles. The molecule has 1 N–H and O–H groups in total. The Morgan fingerprint density at radius 2 is 2.21 bits per heavy atom. The minimum atomic E-state index is -2.94. The molecular formula is C16H19ClN4O2S. The monoisotopic (exact) mass is 366 g/mol. The molecule has 128 valence electrons. The van der Waals surface area contributed by atoms with E-state index in [2.05, 4.69) is 15.3 Å². The van der Waals surface area contributed by atoms with Crippen LogP contribution in [0.15, 0.2) is 36.5 Å². The zero-order valence-corrected chi connectivity index (χ0v) is 14.9. The van der Waals surface area contributed by atoms with Crippen LogP contribution in [-0.2, 0) is 9.84 Å². The van der Waals surface area contributed by atoms with Gasteiger partial charge in [-0.25, -0.2) is 13.4 Å². The summed E-state index contributed by atoms with van der Waals surface area (Å²) in [5.41, 5.74) is 0.797. The summed E-state index contributed by atoms with van der Waals surface area (Å²) in [6, 6.07) is 9.08. The van der Waals surface area contributed by atoms with Gasteiger partial charge in [-0.05, 0) is 37.6 Å². The molecule has 6 nitrogen and oxygen atoms in total. The van der Waals surface area contributed by atoms with Gasteiger partial charge in [-0.2, -0.15) is 4.98 Å². The molecule has 1 aliphatic rings. The van der Waals surface area contributed by atoms with Gasteiger partial charge in [0, 0.05) is 29.5 Å². The summed E-state index contributed by atoms with van der Waals surface area (Å²) in [5.74, 6) is 1.60. The van der Waals surface area contributed by atoms with E-state index < -0.39 is 9.84 Å². The van der Waals surface area contributed by atoms with Crippen LogP contribution in [0.1, 0.15) is 13.3 Å². The minimum absolute atomic E-state index is 0.0334. The molecule has 0 spiro atoms. The van der Waals surface area contributed by atoms with Crippen LogP contribution in [0.25, 0.3) is 0 Å². The van der Waals surface area contributed by atoms with Gasteiger partial charge in [0.15, 0.2) is 9.84 Å². The Labute approximate surface area is 146 Å². The summed E-state index contributed by atoms with van der Waals surface area (Å²) >= 11 is 5.98. The molecule has 0 saturated carbocycles. The zero-order valence-electron chi connectivity index (χ0n) is 13.3. The first-order valence-electron chi connectivity index (χ1n) is 7.79. The van der Waals surface area contributed by atoms with Gasteiger partial charge in [0.1, 0.15) is 5.82 Å². The van der Waals surface area contributed by atoms with Crippen molar-refractivity contribution in [1.82, 2.24) is 9.97 Å². The molecule has 0 aliphatic carbocycles. The van der Waals surface area contributed by atoms with Crippen molar-refractivity contribution in [2.45, 2.75) is 19.4 Å². The summed E-state index contributed by atoms with van der Waals surface area (Å²) in [7, 11) is -2.94. The van der Waals surface area contributed by atoms with Gasteiger partial charge in [0.25, 0.3) is 0 Å². The first-order chi connectivity index (χ1) is 11.5. The van der Waals surface area contributed by atoms with Crippen molar-refractivity contribution in [3.63, 3.8) is 0 Å². The fraction of sp³-hybridized carbons (Fsp3) is 0.375. The largest absolute Gasteiger partial charge is 0.353 e. The van der Waals surface area contributed by atoms with Crippen LogP contribution in [0.3, 0.4) is 0 Å². The second-order valence-electron chi connectivity index (χ2n) is 5.72. The van der Waals surface area contributed by atoms with Crippen molar-refractivity contribution < 1.29 is 8.42 Å². The third-order valence-electron chi connectivity index (χ3n) is 4.01. The molecule has 8 heteroatoms. The molecule has 1 atom stereocenters. The van der Waals surface area contributed by atoms with Gasteiger partial charge in [-0.3, -0.25) is 0 Å². The highest BCUT2D eigenvalue weighted by molar-refractivity contribution is 7.91. The average molecular weight is 367 g/mol. The fourth-order valence-corrected chi connectivity index (χ4v) is 4.81. The SMILES string of the molecule is CCN(c1ccnc(Nc2cccc(Cl)c2)n1)C1CCS(=O)(=O)C1. The van der Waals surface area contributed by atoms with Gasteiger partial charge >= 0.3 is 0 Å². The Morgan fingerprint density at radius 3 is 2.88 bits per heavy atom. The first kappa shape index (κ1) is 17.0. The quantitative estimate of drug-likeness (QED) is 0.876. The maximum Gasteiger partial charge on any atom is 0.229 e. The lowest BCUT2D eigenvalue weighted by Crippen LogP contribution is -2.36. The molecule has 24 heavy (non-hydrogen) atoms. The van der Waals surface area contributed by atoms with Gasteiger partial charge in [-0.1, -0.05) is 17.7 Å². The van der Waals surface area contributed by atoms with E-state index in [4.69, 9.17) is 11.6 Å². The van der Waals surface area contributed by atoms with E-state index in [1.807, 2.05) is 24.0 Å². The fourth-order valence-electron chi connectivity index (χ4n) is 2.89. The topological polar surface area (TPSA) is 75.2 Å². The molecular weight excluding hydrogens is 348 g/mol. The molecule has 2 aromatic rings. The summed E-state index contributed by atoms with van der Waals surface area (Å²) in [5, 5.41) is 3.75. The van der Waals surface area contributed by atoms with Crippen LogP contribution in [0.2, 0.25) is 5.02 Å². The number of sulfone groups is 1. The number of nitrogens with one attached hydrogen (secondary N) is 1. The van der Waals surface area contributed by atoms with Gasteiger partial charge in [0.2, 0.25) is 5.95 Å². The van der Waals surface area contributed by atoms with Crippen molar-refractivity contribution in [3.05, 3.63) is 41.6 Å². The minimum Gasteiger partial charge on any atom is -0.353 e. The van der Waals surface area contributed by atoms with Crippen LogP contribution in [0, 0.1) is 0 Å². The first-order valence-corrected chi connectivity index (χ1v) is 9.99. The number of rotatable bonds is 5. The lowest BCUT2D eigenvalue weighted by Gasteiger charge is -2.28. The number of hydrogen-bond acceptors (Lipinski definition) is 6. The Balaban J connectivity index is 1.81. The van der Waals surface area contributed by atoms with Gasteiger partial charge < -0.3 is 10.2 Å². The Hall–Kier alpha value is -1.86. The molecule has 2 heterocycles. The highest BCUT2D eigenvalue weighted by atomic mass is 35.5. The van der Waals surface area contributed by atoms with E-state index >= 15 is 0 Å². The van der Waals surface area contributed by atoms with Crippen LogP contribution >= 0.6 is 11.6 Å². The molecule has 0 radical (unpaired) electrons. The maximum atomic E-state index is 11.7. The predicted octanol–water partition coefficient (Wildman–Crippen LogP) is 2.89. The highest BCUT2D eigenvalue weighted by Gasteiger charge is 2.32. The van der Waals surface area contributed by atoms with Crippen molar-refractivity contribution >= 4 is 38.9 Å². The molecule has 1 aromatic heterocycles. The standard InChI is InChI=1S/C16H19ClN4O2S/c1-2-21(14-7-9-24(22,23)11-14)15-6-8-18-16(20-15)19-13-5-3-4-12(17)10-13/h3-6,8,10,14H,2,7,9,11H2,1H3,(H,18,19,20).